The summed E-state index contributed by atoms with van der Waals surface area (Å²) in [6, 6.07) is 0. The fraction of sp³-hybridized carbons (Fsp3) is 0.833. The summed E-state index contributed by atoms with van der Waals surface area (Å²) < 4.78 is 0. The normalized spacial score (nSPS) is 9.14. The zero-order chi connectivity index (χ0) is 11.8. The van der Waals surface area contributed by atoms with Crippen LogP contribution < -0.4 is 0 Å². The van der Waals surface area contributed by atoms with E-state index in [0.29, 0.717) is 0 Å². The molecule has 0 aromatic heterocycles. The van der Waals surface area contributed by atoms with Gasteiger partial charge in [-0.2, -0.15) is 0 Å². The maximum Gasteiger partial charge on any atom is 0.0156 e. The first-order chi connectivity index (χ1) is 6.60. The molecule has 0 heterocycles. The van der Waals surface area contributed by atoms with Gasteiger partial charge in [-0.3, -0.25) is 0 Å². The smallest absolute Gasteiger partial charge is 0.0156 e. The van der Waals surface area contributed by atoms with E-state index in [9.17, 15) is 0 Å². The topological polar surface area (TPSA) is 0 Å². The fourth-order valence-electron chi connectivity index (χ4n) is 0.354. The Hall–Kier alpha value is 0.320. The van der Waals surface area contributed by atoms with Gasteiger partial charge in [0.1, 0.15) is 0 Å². The molecule has 14 heavy (non-hydrogen) atoms. The Bertz CT molecular complexity index is 82.3. The van der Waals surface area contributed by atoms with Gasteiger partial charge in [0.25, 0.3) is 0 Å². The molecule has 0 saturated heterocycles. The summed E-state index contributed by atoms with van der Waals surface area (Å²) in [7, 11) is 0. The van der Waals surface area contributed by atoms with Crippen LogP contribution in [0.15, 0.2) is 11.1 Å². The minimum Gasteiger partial charge on any atom is -0.0920 e. The van der Waals surface area contributed by atoms with Gasteiger partial charge in [0, 0.05) is 11.1 Å². The van der Waals surface area contributed by atoms with Crippen molar-refractivity contribution in [1.82, 2.24) is 0 Å². The third kappa shape index (κ3) is 55.8. The highest BCUT2D eigenvalue weighted by molar-refractivity contribution is 6.33. The average Bonchev–Trinajstić information content (AvgIpc) is 2.20. The van der Waals surface area contributed by atoms with E-state index in [1.54, 1.807) is 0 Å². The predicted octanol–water partition coefficient (Wildman–Crippen LogP) is 6.18. The molecule has 0 bridgehead atoms. The van der Waals surface area contributed by atoms with Crippen LogP contribution in [0.1, 0.15) is 60.3 Å². The molecule has 0 fully saturated rings. The standard InChI is InChI=1S/2C5H12.C2H2Cl2/c1-4-5(2)3;1-3-5-4-2;3-1-2-4/h5H,4H2,1-3H3;3-5H2,1-2H3;1-2H/b;;2-1+. The van der Waals surface area contributed by atoms with Crippen LogP contribution in [0.5, 0.6) is 0 Å². The second-order valence-electron chi connectivity index (χ2n) is 3.41. The molecule has 0 nitrogen and oxygen atoms in total. The maximum atomic E-state index is 4.87. The van der Waals surface area contributed by atoms with E-state index in [1.165, 1.54) is 36.8 Å². The summed E-state index contributed by atoms with van der Waals surface area (Å²) >= 11 is 9.75. The molecule has 2 heteroatoms. The van der Waals surface area contributed by atoms with Crippen molar-refractivity contribution < 1.29 is 0 Å². The molecule has 0 saturated carbocycles. The van der Waals surface area contributed by atoms with E-state index >= 15 is 0 Å². The molecule has 0 radical (unpaired) electrons. The Morgan fingerprint density at radius 3 is 1.21 bits per heavy atom. The predicted molar refractivity (Wildman–Crippen MR) is 71.2 cm³/mol. The maximum absolute atomic E-state index is 4.87. The molecule has 0 aliphatic carbocycles. The van der Waals surface area contributed by atoms with Crippen LogP contribution in [-0.2, 0) is 0 Å². The van der Waals surface area contributed by atoms with E-state index in [0.717, 1.165) is 5.92 Å². The Kier molecular flexibility index (Phi) is 33.0. The summed E-state index contributed by atoms with van der Waals surface area (Å²) in [5.41, 5.74) is 2.48. The molecule has 0 spiro atoms. The van der Waals surface area contributed by atoms with Crippen LogP contribution in [0.4, 0.5) is 0 Å². The van der Waals surface area contributed by atoms with E-state index in [-0.39, 0.29) is 0 Å². The first-order valence-electron chi connectivity index (χ1n) is 5.45. The monoisotopic (exact) mass is 240 g/mol. The van der Waals surface area contributed by atoms with Gasteiger partial charge >= 0.3 is 0 Å². The molecule has 0 aromatic carbocycles. The molecule has 0 aliphatic rings. The van der Waals surface area contributed by atoms with Gasteiger partial charge < -0.3 is 0 Å². The summed E-state index contributed by atoms with van der Waals surface area (Å²) in [5, 5.41) is 0. The molecule has 88 valence electrons. The van der Waals surface area contributed by atoms with Crippen molar-refractivity contribution in [2.75, 3.05) is 0 Å². The number of hydrogen-bond acceptors (Lipinski definition) is 0. The molecule has 0 amide bonds. The van der Waals surface area contributed by atoms with Crippen LogP contribution in [0.3, 0.4) is 0 Å². The van der Waals surface area contributed by atoms with Gasteiger partial charge in [-0.15, -0.1) is 0 Å². The average molecular weight is 241 g/mol. The van der Waals surface area contributed by atoms with Gasteiger partial charge in [-0.1, -0.05) is 83.5 Å². The highest BCUT2D eigenvalue weighted by Gasteiger charge is 1.80. The summed E-state index contributed by atoms with van der Waals surface area (Å²) in [6.07, 6.45) is 5.38. The molecular formula is C12H26Cl2. The summed E-state index contributed by atoms with van der Waals surface area (Å²) in [6.45, 7) is 11.1. The largest absolute Gasteiger partial charge is 0.0920 e. The second-order valence-corrected chi connectivity index (χ2v) is 3.91. The van der Waals surface area contributed by atoms with Crippen molar-refractivity contribution in [1.29, 1.82) is 0 Å². The summed E-state index contributed by atoms with van der Waals surface area (Å²) in [5.74, 6) is 0.884. The highest BCUT2D eigenvalue weighted by Crippen LogP contribution is 1.93. The van der Waals surface area contributed by atoms with Gasteiger partial charge in [0.2, 0.25) is 0 Å². The zero-order valence-electron chi connectivity index (χ0n) is 10.3. The van der Waals surface area contributed by atoms with E-state index in [1.807, 2.05) is 0 Å². The first-order valence-corrected chi connectivity index (χ1v) is 6.33. The molecule has 0 unspecified atom stereocenters. The van der Waals surface area contributed by atoms with Crippen LogP contribution in [0, 0.1) is 5.92 Å². The Labute approximate surface area is 101 Å². The Balaban J connectivity index is -0.000000131. The zero-order valence-corrected chi connectivity index (χ0v) is 11.8. The minimum absolute atomic E-state index is 0.884. The van der Waals surface area contributed by atoms with Crippen molar-refractivity contribution in [2.24, 2.45) is 5.92 Å². The van der Waals surface area contributed by atoms with Gasteiger partial charge in [0.05, 0.1) is 0 Å². The molecule has 0 aromatic rings. The number of hydrogen-bond donors (Lipinski definition) is 0. The van der Waals surface area contributed by atoms with Crippen molar-refractivity contribution in [3.63, 3.8) is 0 Å². The third-order valence-corrected chi connectivity index (χ3v) is 1.95. The van der Waals surface area contributed by atoms with Gasteiger partial charge in [0.15, 0.2) is 0 Å². The molecule has 0 atom stereocenters. The Morgan fingerprint density at radius 2 is 1.21 bits per heavy atom. The van der Waals surface area contributed by atoms with Crippen LogP contribution in [-0.4, -0.2) is 0 Å². The van der Waals surface area contributed by atoms with Crippen molar-refractivity contribution in [2.45, 2.75) is 60.3 Å². The van der Waals surface area contributed by atoms with Crippen molar-refractivity contribution >= 4 is 23.2 Å². The molecule has 0 N–H and O–H groups in total. The number of unbranched alkanes of at least 4 members (excludes halogenated alkanes) is 2. The number of halogens is 2. The van der Waals surface area contributed by atoms with Crippen LogP contribution in [0.25, 0.3) is 0 Å². The van der Waals surface area contributed by atoms with E-state index in [2.05, 4.69) is 34.6 Å². The second kappa shape index (κ2) is 23.3. The van der Waals surface area contributed by atoms with E-state index in [4.69, 9.17) is 23.2 Å². The van der Waals surface area contributed by atoms with Gasteiger partial charge in [-0.25, -0.2) is 0 Å². The van der Waals surface area contributed by atoms with Crippen LogP contribution >= 0.6 is 23.2 Å². The van der Waals surface area contributed by atoms with Gasteiger partial charge in [-0.05, 0) is 5.92 Å². The summed E-state index contributed by atoms with van der Waals surface area (Å²) in [4.78, 5) is 0. The lowest BCUT2D eigenvalue weighted by Gasteiger charge is -1.90. The quantitative estimate of drug-likeness (QED) is 0.553. The Morgan fingerprint density at radius 1 is 0.929 bits per heavy atom. The molecular weight excluding hydrogens is 215 g/mol. The SMILES string of the molecule is CCC(C)C.CCCCC.Cl/C=C/Cl. The lowest BCUT2D eigenvalue weighted by atomic mass is 10.2. The van der Waals surface area contributed by atoms with E-state index < -0.39 is 0 Å². The third-order valence-electron chi connectivity index (χ3n) is 1.57. The van der Waals surface area contributed by atoms with Crippen molar-refractivity contribution in [3.05, 3.63) is 11.1 Å². The van der Waals surface area contributed by atoms with Crippen LogP contribution in [0.2, 0.25) is 0 Å². The lowest BCUT2D eigenvalue weighted by molar-refractivity contribution is 0.626. The highest BCUT2D eigenvalue weighted by atomic mass is 35.5. The molecule has 0 rings (SSSR count). The fourth-order valence-corrected chi connectivity index (χ4v) is 0.354. The lowest BCUT2D eigenvalue weighted by Crippen LogP contribution is -1.77. The minimum atomic E-state index is 0.884. The first kappa shape index (κ1) is 19.8. The number of rotatable bonds is 3. The van der Waals surface area contributed by atoms with Crippen molar-refractivity contribution in [3.8, 4) is 0 Å². The molecule has 0 aliphatic heterocycles.